The van der Waals surface area contributed by atoms with Gasteiger partial charge in [-0.1, -0.05) is 0 Å². The number of hydrogen-bond acceptors (Lipinski definition) is 3. The van der Waals surface area contributed by atoms with Gasteiger partial charge in [0, 0.05) is 39.8 Å². The Kier molecular flexibility index (Phi) is 4.64. The van der Waals surface area contributed by atoms with Crippen molar-refractivity contribution in [2.24, 2.45) is 5.92 Å². The maximum atomic E-state index is 12.0. The number of piperidine rings is 1. The molecule has 0 saturated carbocycles. The number of carbonyl (C=O) groups is 2. The molecule has 0 aromatic rings. The van der Waals surface area contributed by atoms with E-state index < -0.39 is 5.60 Å². The fourth-order valence-corrected chi connectivity index (χ4v) is 2.81. The van der Waals surface area contributed by atoms with Crippen LogP contribution in [0.3, 0.4) is 0 Å². The van der Waals surface area contributed by atoms with Gasteiger partial charge in [0.1, 0.15) is 5.60 Å². The van der Waals surface area contributed by atoms with Gasteiger partial charge in [-0.05, 0) is 39.5 Å². The Balaban J connectivity index is 1.76. The van der Waals surface area contributed by atoms with Gasteiger partial charge in [-0.3, -0.25) is 0 Å². The SMILES string of the molecule is CN1CCN(CC2CCN(C(=O)OC(C)(C)C)CC2)C1=O. The van der Waals surface area contributed by atoms with Crippen LogP contribution in [-0.4, -0.2) is 72.2 Å². The predicted molar refractivity (Wildman–Crippen MR) is 80.1 cm³/mol. The second-order valence-corrected chi connectivity index (χ2v) is 7.06. The summed E-state index contributed by atoms with van der Waals surface area (Å²) in [5, 5.41) is 0. The van der Waals surface area contributed by atoms with Crippen LogP contribution >= 0.6 is 0 Å². The van der Waals surface area contributed by atoms with E-state index >= 15 is 0 Å². The van der Waals surface area contributed by atoms with E-state index in [1.807, 2.05) is 32.7 Å². The third kappa shape index (κ3) is 4.25. The fourth-order valence-electron chi connectivity index (χ4n) is 2.81. The summed E-state index contributed by atoms with van der Waals surface area (Å²) in [5.41, 5.74) is -0.444. The molecule has 0 spiro atoms. The number of hydrogen-bond donors (Lipinski definition) is 0. The van der Waals surface area contributed by atoms with Crippen LogP contribution in [0.25, 0.3) is 0 Å². The van der Waals surface area contributed by atoms with Gasteiger partial charge in [-0.15, -0.1) is 0 Å². The molecule has 6 heteroatoms. The first-order valence-corrected chi connectivity index (χ1v) is 7.74. The van der Waals surface area contributed by atoms with Crippen LogP contribution in [0.4, 0.5) is 9.59 Å². The molecule has 3 amide bonds. The monoisotopic (exact) mass is 297 g/mol. The lowest BCUT2D eigenvalue weighted by atomic mass is 9.96. The van der Waals surface area contributed by atoms with Gasteiger partial charge in [0.15, 0.2) is 0 Å². The summed E-state index contributed by atoms with van der Waals surface area (Å²) < 4.78 is 5.39. The lowest BCUT2D eigenvalue weighted by Crippen LogP contribution is -2.44. The minimum absolute atomic E-state index is 0.129. The molecule has 0 N–H and O–H groups in total. The highest BCUT2D eigenvalue weighted by Gasteiger charge is 2.31. The number of urea groups is 1. The largest absolute Gasteiger partial charge is 0.444 e. The summed E-state index contributed by atoms with van der Waals surface area (Å²) in [6.07, 6.45) is 1.65. The van der Waals surface area contributed by atoms with Gasteiger partial charge in [0.05, 0.1) is 0 Å². The number of rotatable bonds is 2. The van der Waals surface area contributed by atoms with Crippen molar-refractivity contribution in [3.63, 3.8) is 0 Å². The molecular weight excluding hydrogens is 270 g/mol. The maximum Gasteiger partial charge on any atom is 0.410 e. The molecule has 2 fully saturated rings. The molecule has 120 valence electrons. The van der Waals surface area contributed by atoms with Crippen molar-refractivity contribution in [1.82, 2.24) is 14.7 Å². The van der Waals surface area contributed by atoms with E-state index in [1.165, 1.54) is 0 Å². The van der Waals surface area contributed by atoms with Crippen LogP contribution in [0, 0.1) is 5.92 Å². The Morgan fingerprint density at radius 2 is 1.81 bits per heavy atom. The van der Waals surface area contributed by atoms with Gasteiger partial charge in [-0.25, -0.2) is 9.59 Å². The van der Waals surface area contributed by atoms with Crippen molar-refractivity contribution in [3.8, 4) is 0 Å². The molecule has 2 rings (SSSR count). The molecule has 2 aliphatic heterocycles. The minimum atomic E-state index is -0.444. The van der Waals surface area contributed by atoms with E-state index in [1.54, 1.807) is 9.80 Å². The first-order chi connectivity index (χ1) is 9.76. The van der Waals surface area contributed by atoms with Crippen molar-refractivity contribution < 1.29 is 14.3 Å². The van der Waals surface area contributed by atoms with Crippen LogP contribution in [0.5, 0.6) is 0 Å². The zero-order valence-corrected chi connectivity index (χ0v) is 13.6. The third-order valence-corrected chi connectivity index (χ3v) is 4.05. The Hall–Kier alpha value is -1.46. The summed E-state index contributed by atoms with van der Waals surface area (Å²) in [6, 6.07) is 0.129. The Labute approximate surface area is 127 Å². The van der Waals surface area contributed by atoms with Crippen molar-refractivity contribution in [2.75, 3.05) is 39.8 Å². The second kappa shape index (κ2) is 6.12. The average molecular weight is 297 g/mol. The van der Waals surface area contributed by atoms with Crippen molar-refractivity contribution in [3.05, 3.63) is 0 Å². The highest BCUT2D eigenvalue weighted by atomic mass is 16.6. The Morgan fingerprint density at radius 3 is 2.29 bits per heavy atom. The summed E-state index contributed by atoms with van der Waals surface area (Å²) in [6.45, 7) is 9.53. The number of amides is 3. The molecule has 6 nitrogen and oxygen atoms in total. The van der Waals surface area contributed by atoms with E-state index in [2.05, 4.69) is 0 Å². The van der Waals surface area contributed by atoms with Gasteiger partial charge >= 0.3 is 12.1 Å². The topological polar surface area (TPSA) is 53.1 Å². The summed E-state index contributed by atoms with van der Waals surface area (Å²) >= 11 is 0. The zero-order chi connectivity index (χ0) is 15.6. The van der Waals surface area contributed by atoms with E-state index in [4.69, 9.17) is 4.74 Å². The number of carbonyl (C=O) groups excluding carboxylic acids is 2. The summed E-state index contributed by atoms with van der Waals surface area (Å²) in [4.78, 5) is 29.3. The van der Waals surface area contributed by atoms with Crippen LogP contribution in [-0.2, 0) is 4.74 Å². The highest BCUT2D eigenvalue weighted by Crippen LogP contribution is 2.22. The standard InChI is InChI=1S/C15H27N3O3/c1-15(2,3)21-14(20)17-7-5-12(6-8-17)11-18-10-9-16(4)13(18)19/h12H,5-11H2,1-4H3. The summed E-state index contributed by atoms with van der Waals surface area (Å²) in [7, 11) is 1.84. The predicted octanol–water partition coefficient (Wildman–Crippen LogP) is 2.00. The van der Waals surface area contributed by atoms with Crippen LogP contribution in [0.2, 0.25) is 0 Å². The van der Waals surface area contributed by atoms with Gasteiger partial charge in [0.25, 0.3) is 0 Å². The number of likely N-dealkylation sites (tertiary alicyclic amines) is 1. The first kappa shape index (κ1) is 15.9. The number of ether oxygens (including phenoxy) is 1. The fraction of sp³-hybridized carbons (Fsp3) is 0.867. The molecule has 0 radical (unpaired) electrons. The number of nitrogens with zero attached hydrogens (tertiary/aromatic N) is 3. The Bertz CT molecular complexity index is 397. The third-order valence-electron chi connectivity index (χ3n) is 4.05. The minimum Gasteiger partial charge on any atom is -0.444 e. The molecule has 0 atom stereocenters. The lowest BCUT2D eigenvalue weighted by molar-refractivity contribution is 0.0175. The number of likely N-dealkylation sites (N-methyl/N-ethyl adjacent to an activating group) is 1. The van der Waals surface area contributed by atoms with Crippen molar-refractivity contribution >= 4 is 12.1 Å². The van der Waals surface area contributed by atoms with E-state index in [9.17, 15) is 9.59 Å². The van der Waals surface area contributed by atoms with Crippen molar-refractivity contribution in [2.45, 2.75) is 39.2 Å². The molecule has 2 aliphatic rings. The molecule has 0 unspecified atom stereocenters. The molecule has 0 aliphatic carbocycles. The highest BCUT2D eigenvalue weighted by molar-refractivity contribution is 5.76. The van der Waals surface area contributed by atoms with E-state index in [0.29, 0.717) is 5.92 Å². The average Bonchev–Trinajstić information content (AvgIpc) is 2.69. The normalized spacial score (nSPS) is 21.1. The van der Waals surface area contributed by atoms with Gasteiger partial charge in [0.2, 0.25) is 0 Å². The Morgan fingerprint density at radius 1 is 1.19 bits per heavy atom. The first-order valence-electron chi connectivity index (χ1n) is 7.74. The zero-order valence-electron chi connectivity index (χ0n) is 13.6. The van der Waals surface area contributed by atoms with Crippen LogP contribution in [0.15, 0.2) is 0 Å². The molecular formula is C15H27N3O3. The van der Waals surface area contributed by atoms with E-state index in [-0.39, 0.29) is 12.1 Å². The van der Waals surface area contributed by atoms with Crippen LogP contribution < -0.4 is 0 Å². The second-order valence-electron chi connectivity index (χ2n) is 7.06. The molecule has 2 saturated heterocycles. The molecule has 0 bridgehead atoms. The molecule has 2 heterocycles. The van der Waals surface area contributed by atoms with Crippen LogP contribution in [0.1, 0.15) is 33.6 Å². The smallest absolute Gasteiger partial charge is 0.410 e. The van der Waals surface area contributed by atoms with Gasteiger partial charge < -0.3 is 19.4 Å². The molecule has 21 heavy (non-hydrogen) atoms. The maximum absolute atomic E-state index is 12.0. The van der Waals surface area contributed by atoms with Gasteiger partial charge in [-0.2, -0.15) is 0 Å². The lowest BCUT2D eigenvalue weighted by Gasteiger charge is -2.34. The summed E-state index contributed by atoms with van der Waals surface area (Å²) in [5.74, 6) is 0.485. The molecule has 0 aromatic carbocycles. The quantitative estimate of drug-likeness (QED) is 0.783. The van der Waals surface area contributed by atoms with Crippen molar-refractivity contribution in [1.29, 1.82) is 0 Å². The molecule has 0 aromatic heterocycles. The van der Waals surface area contributed by atoms with E-state index in [0.717, 1.165) is 45.6 Å².